The van der Waals surface area contributed by atoms with Crippen LogP contribution in [0.5, 0.6) is 0 Å². The molecular formula is C11H21NO. The van der Waals surface area contributed by atoms with Gasteiger partial charge >= 0.3 is 0 Å². The molecule has 0 aliphatic heterocycles. The molecule has 76 valence electrons. The van der Waals surface area contributed by atoms with Crippen LogP contribution in [-0.4, -0.2) is 19.3 Å². The highest BCUT2D eigenvalue weighted by atomic mass is 16.5. The van der Waals surface area contributed by atoms with Crippen molar-refractivity contribution in [2.24, 2.45) is 11.7 Å². The molecule has 0 aromatic rings. The summed E-state index contributed by atoms with van der Waals surface area (Å²) in [6.45, 7) is 4.24. The highest BCUT2D eigenvalue weighted by molar-refractivity contribution is 4.85. The van der Waals surface area contributed by atoms with E-state index in [1.54, 1.807) is 7.11 Å². The van der Waals surface area contributed by atoms with Crippen molar-refractivity contribution in [1.29, 1.82) is 0 Å². The molecule has 0 rings (SSSR count). The molecule has 0 aliphatic rings. The van der Waals surface area contributed by atoms with Crippen LogP contribution in [0.15, 0.2) is 0 Å². The molecule has 0 aliphatic carbocycles. The Morgan fingerprint density at radius 3 is 2.46 bits per heavy atom. The maximum atomic E-state index is 5.98. The van der Waals surface area contributed by atoms with Gasteiger partial charge in [-0.15, -0.1) is 12.3 Å². The van der Waals surface area contributed by atoms with Gasteiger partial charge in [0.15, 0.2) is 0 Å². The third kappa shape index (κ3) is 4.92. The van der Waals surface area contributed by atoms with Gasteiger partial charge in [0, 0.05) is 19.6 Å². The molecule has 0 aromatic heterocycles. The summed E-state index contributed by atoms with van der Waals surface area (Å²) in [5.74, 6) is 3.08. The van der Waals surface area contributed by atoms with E-state index in [4.69, 9.17) is 16.9 Å². The SMILES string of the molecule is C#CCCCC(N)C(OC)C(C)C. The lowest BCUT2D eigenvalue weighted by atomic mass is 9.96. The third-order valence-electron chi connectivity index (χ3n) is 2.21. The first-order valence-corrected chi connectivity index (χ1v) is 4.85. The first kappa shape index (κ1) is 12.5. The van der Waals surface area contributed by atoms with Gasteiger partial charge in [-0.2, -0.15) is 0 Å². The fourth-order valence-electron chi connectivity index (χ4n) is 1.55. The molecule has 0 heterocycles. The van der Waals surface area contributed by atoms with E-state index >= 15 is 0 Å². The van der Waals surface area contributed by atoms with Crippen LogP contribution in [0, 0.1) is 18.3 Å². The van der Waals surface area contributed by atoms with Gasteiger partial charge in [0.05, 0.1) is 6.10 Å². The van der Waals surface area contributed by atoms with Gasteiger partial charge in [-0.05, 0) is 18.8 Å². The van der Waals surface area contributed by atoms with Crippen LogP contribution in [0.1, 0.15) is 33.1 Å². The smallest absolute Gasteiger partial charge is 0.0744 e. The van der Waals surface area contributed by atoms with E-state index in [1.807, 2.05) is 0 Å². The molecule has 2 heteroatoms. The van der Waals surface area contributed by atoms with E-state index in [0.717, 1.165) is 19.3 Å². The summed E-state index contributed by atoms with van der Waals surface area (Å²) in [4.78, 5) is 0. The standard InChI is InChI=1S/C11H21NO/c1-5-6-7-8-10(12)11(13-4)9(2)3/h1,9-11H,6-8,12H2,2-4H3. The zero-order valence-electron chi connectivity index (χ0n) is 8.92. The average Bonchev–Trinajstić information content (AvgIpc) is 2.05. The van der Waals surface area contributed by atoms with E-state index < -0.39 is 0 Å². The lowest BCUT2D eigenvalue weighted by Gasteiger charge is -2.25. The number of unbranched alkanes of at least 4 members (excludes halogenated alkanes) is 1. The molecule has 2 atom stereocenters. The Morgan fingerprint density at radius 2 is 2.08 bits per heavy atom. The fourth-order valence-corrected chi connectivity index (χ4v) is 1.55. The first-order valence-electron chi connectivity index (χ1n) is 4.85. The Balaban J connectivity index is 3.78. The molecule has 0 saturated heterocycles. The van der Waals surface area contributed by atoms with Crippen LogP contribution in [0.2, 0.25) is 0 Å². The van der Waals surface area contributed by atoms with Crippen LogP contribution in [0.3, 0.4) is 0 Å². The Hall–Kier alpha value is -0.520. The fraction of sp³-hybridized carbons (Fsp3) is 0.818. The quantitative estimate of drug-likeness (QED) is 0.503. The largest absolute Gasteiger partial charge is 0.380 e. The highest BCUT2D eigenvalue weighted by Gasteiger charge is 2.19. The van der Waals surface area contributed by atoms with Gasteiger partial charge in [0.1, 0.15) is 0 Å². The normalized spacial score (nSPS) is 15.4. The second-order valence-electron chi connectivity index (χ2n) is 3.70. The van der Waals surface area contributed by atoms with E-state index in [-0.39, 0.29) is 12.1 Å². The van der Waals surface area contributed by atoms with Crippen LogP contribution >= 0.6 is 0 Å². The average molecular weight is 183 g/mol. The van der Waals surface area contributed by atoms with Gasteiger partial charge in [0.2, 0.25) is 0 Å². The van der Waals surface area contributed by atoms with Crippen molar-refractivity contribution < 1.29 is 4.74 Å². The maximum Gasteiger partial charge on any atom is 0.0744 e. The molecular weight excluding hydrogens is 162 g/mol. The maximum absolute atomic E-state index is 5.98. The summed E-state index contributed by atoms with van der Waals surface area (Å²) in [7, 11) is 1.71. The van der Waals surface area contributed by atoms with Crippen molar-refractivity contribution in [3.8, 4) is 12.3 Å². The van der Waals surface area contributed by atoms with Gasteiger partial charge in [-0.1, -0.05) is 13.8 Å². The molecule has 2 N–H and O–H groups in total. The van der Waals surface area contributed by atoms with Crippen molar-refractivity contribution in [3.63, 3.8) is 0 Å². The lowest BCUT2D eigenvalue weighted by molar-refractivity contribution is 0.0415. The minimum absolute atomic E-state index is 0.110. The monoisotopic (exact) mass is 183 g/mol. The van der Waals surface area contributed by atoms with Crippen molar-refractivity contribution in [3.05, 3.63) is 0 Å². The minimum Gasteiger partial charge on any atom is -0.380 e. The Kier molecular flexibility index (Phi) is 6.66. The predicted molar refractivity (Wildman–Crippen MR) is 56.3 cm³/mol. The van der Waals surface area contributed by atoms with E-state index in [9.17, 15) is 0 Å². The third-order valence-corrected chi connectivity index (χ3v) is 2.21. The van der Waals surface area contributed by atoms with Gasteiger partial charge in [-0.25, -0.2) is 0 Å². The Labute approximate surface area is 81.8 Å². The number of hydrogen-bond acceptors (Lipinski definition) is 2. The van der Waals surface area contributed by atoms with Gasteiger partial charge < -0.3 is 10.5 Å². The van der Waals surface area contributed by atoms with E-state index in [2.05, 4.69) is 19.8 Å². The highest BCUT2D eigenvalue weighted by Crippen LogP contribution is 2.13. The predicted octanol–water partition coefficient (Wildman–Crippen LogP) is 1.79. The topological polar surface area (TPSA) is 35.2 Å². The van der Waals surface area contributed by atoms with Gasteiger partial charge in [0.25, 0.3) is 0 Å². The van der Waals surface area contributed by atoms with E-state index in [0.29, 0.717) is 5.92 Å². The number of ether oxygens (including phenoxy) is 1. The molecule has 2 unspecified atom stereocenters. The number of terminal acetylenes is 1. The summed E-state index contributed by atoms with van der Waals surface area (Å²) < 4.78 is 5.33. The van der Waals surface area contributed by atoms with Crippen molar-refractivity contribution >= 4 is 0 Å². The molecule has 0 amide bonds. The van der Waals surface area contributed by atoms with Crippen molar-refractivity contribution in [2.45, 2.75) is 45.3 Å². The Morgan fingerprint density at radius 1 is 1.46 bits per heavy atom. The minimum atomic E-state index is 0.110. The summed E-state index contributed by atoms with van der Waals surface area (Å²) in [6, 6.07) is 0.110. The summed E-state index contributed by atoms with van der Waals surface area (Å²) in [5.41, 5.74) is 5.98. The van der Waals surface area contributed by atoms with Gasteiger partial charge in [-0.3, -0.25) is 0 Å². The van der Waals surface area contributed by atoms with Crippen molar-refractivity contribution in [2.75, 3.05) is 7.11 Å². The number of methoxy groups -OCH3 is 1. The number of nitrogens with two attached hydrogens (primary N) is 1. The molecule has 13 heavy (non-hydrogen) atoms. The number of hydrogen-bond donors (Lipinski definition) is 1. The molecule has 0 saturated carbocycles. The summed E-state index contributed by atoms with van der Waals surface area (Å²) >= 11 is 0. The van der Waals surface area contributed by atoms with Crippen LogP contribution in [-0.2, 0) is 4.74 Å². The molecule has 0 aromatic carbocycles. The van der Waals surface area contributed by atoms with Crippen LogP contribution in [0.25, 0.3) is 0 Å². The summed E-state index contributed by atoms with van der Waals surface area (Å²) in [5, 5.41) is 0. The second kappa shape index (κ2) is 6.94. The first-order chi connectivity index (χ1) is 6.13. The lowest BCUT2D eigenvalue weighted by Crippen LogP contribution is -2.39. The summed E-state index contributed by atoms with van der Waals surface area (Å²) in [6.07, 6.45) is 8.06. The van der Waals surface area contributed by atoms with E-state index in [1.165, 1.54) is 0 Å². The number of rotatable bonds is 6. The zero-order chi connectivity index (χ0) is 10.3. The molecule has 0 spiro atoms. The molecule has 0 radical (unpaired) electrons. The second-order valence-corrected chi connectivity index (χ2v) is 3.70. The Bertz CT molecular complexity index is 160. The van der Waals surface area contributed by atoms with Crippen molar-refractivity contribution in [1.82, 2.24) is 0 Å². The van der Waals surface area contributed by atoms with Crippen LogP contribution in [0.4, 0.5) is 0 Å². The molecule has 0 fully saturated rings. The van der Waals surface area contributed by atoms with Crippen LogP contribution < -0.4 is 5.73 Å². The molecule has 0 bridgehead atoms. The molecule has 2 nitrogen and oxygen atoms in total. The zero-order valence-corrected chi connectivity index (χ0v) is 8.92.